The number of hydrogen-bond donors (Lipinski definition) is 0. The van der Waals surface area contributed by atoms with E-state index in [2.05, 4.69) is 4.18 Å². The minimum absolute atomic E-state index is 0.120. The fourth-order valence-corrected chi connectivity index (χ4v) is 1.32. The third-order valence-electron chi connectivity index (χ3n) is 1.24. The molecule has 1 aromatic rings. The summed E-state index contributed by atoms with van der Waals surface area (Å²) < 4.78 is 30.3. The molecule has 13 heavy (non-hydrogen) atoms. The van der Waals surface area contributed by atoms with Crippen molar-refractivity contribution >= 4 is 20.0 Å². The summed E-state index contributed by atoms with van der Waals surface area (Å²) in [6.45, 7) is 0. The fourth-order valence-electron chi connectivity index (χ4n) is 0.768. The first-order chi connectivity index (χ1) is 6.01. The van der Waals surface area contributed by atoms with Gasteiger partial charge in [0.2, 0.25) is 0 Å². The predicted molar refractivity (Wildman–Crippen MR) is 48.4 cm³/mol. The maximum Gasteiger partial charge on any atom is 0.401 e. The lowest BCUT2D eigenvalue weighted by molar-refractivity contribution is 0.412. The summed E-state index contributed by atoms with van der Waals surface area (Å²) in [4.78, 5) is 0. The van der Waals surface area contributed by atoms with Crippen LogP contribution in [0.5, 0.6) is 11.5 Å². The molecule has 0 heterocycles. The van der Waals surface area contributed by atoms with Crippen molar-refractivity contribution in [3.05, 3.63) is 24.3 Å². The van der Waals surface area contributed by atoms with Crippen LogP contribution in [0, 0.1) is 0 Å². The number of rotatable bonds is 3. The molecule has 0 spiro atoms. The summed E-state index contributed by atoms with van der Waals surface area (Å²) in [7, 11) is 2.35. The van der Waals surface area contributed by atoms with Crippen molar-refractivity contribution in [2.24, 2.45) is 0 Å². The zero-order chi connectivity index (χ0) is 9.90. The summed E-state index contributed by atoms with van der Waals surface area (Å²) in [6, 6.07) is 6.13. The molecule has 0 bridgehead atoms. The van der Waals surface area contributed by atoms with E-state index >= 15 is 0 Å². The molecule has 0 unspecified atom stereocenters. The van der Waals surface area contributed by atoms with Gasteiger partial charge in [0.05, 0.1) is 17.8 Å². The Labute approximate surface area is 80.7 Å². The Hall–Kier alpha value is -0.940. The van der Waals surface area contributed by atoms with Crippen LogP contribution < -0.4 is 8.92 Å². The highest BCUT2D eigenvalue weighted by atomic mass is 35.7. The Morgan fingerprint density at radius 2 is 1.92 bits per heavy atom. The van der Waals surface area contributed by atoms with Crippen molar-refractivity contribution < 1.29 is 17.3 Å². The van der Waals surface area contributed by atoms with E-state index in [4.69, 9.17) is 15.4 Å². The van der Waals surface area contributed by atoms with Gasteiger partial charge < -0.3 is 8.92 Å². The number of methoxy groups -OCH3 is 1. The van der Waals surface area contributed by atoms with Gasteiger partial charge in [-0.3, -0.25) is 0 Å². The van der Waals surface area contributed by atoms with Crippen LogP contribution in [-0.2, 0) is 9.33 Å². The zero-order valence-electron chi connectivity index (χ0n) is 6.73. The summed E-state index contributed by atoms with van der Waals surface area (Å²) in [5.74, 6) is 0.618. The highest BCUT2D eigenvalue weighted by Gasteiger charge is 2.07. The maximum atomic E-state index is 10.5. The van der Waals surface area contributed by atoms with Crippen LogP contribution in [0.25, 0.3) is 0 Å². The largest absolute Gasteiger partial charge is 0.497 e. The number of hydrogen-bond acceptors (Lipinski definition) is 4. The Bertz CT molecular complexity index is 387. The third-order valence-corrected chi connectivity index (χ3v) is 1.82. The highest BCUT2D eigenvalue weighted by Crippen LogP contribution is 2.20. The molecule has 1 aromatic carbocycles. The molecule has 0 aromatic heterocycles. The number of halogens is 1. The molecule has 0 aliphatic carbocycles. The van der Waals surface area contributed by atoms with Crippen molar-refractivity contribution in [2.75, 3.05) is 7.11 Å². The van der Waals surface area contributed by atoms with Gasteiger partial charge in [-0.1, -0.05) is 6.07 Å². The van der Waals surface area contributed by atoms with Gasteiger partial charge in [0.1, 0.15) is 11.5 Å². The van der Waals surface area contributed by atoms with Crippen LogP contribution in [0.3, 0.4) is 0 Å². The van der Waals surface area contributed by atoms with Gasteiger partial charge in [-0.25, -0.2) is 0 Å². The van der Waals surface area contributed by atoms with Crippen LogP contribution in [0.2, 0.25) is 0 Å². The Morgan fingerprint density at radius 1 is 1.31 bits per heavy atom. The average molecular weight is 223 g/mol. The Balaban J connectivity index is 2.90. The molecule has 0 aliphatic rings. The van der Waals surface area contributed by atoms with Crippen molar-refractivity contribution in [2.45, 2.75) is 0 Å². The lowest BCUT2D eigenvalue weighted by Gasteiger charge is -2.02. The second-order valence-corrected chi connectivity index (χ2v) is 4.24. The Kier molecular flexibility index (Phi) is 3.00. The Morgan fingerprint density at radius 3 is 2.46 bits per heavy atom. The van der Waals surface area contributed by atoms with Crippen LogP contribution in [-0.4, -0.2) is 15.5 Å². The molecule has 1 rings (SSSR count). The molecule has 0 saturated heterocycles. The van der Waals surface area contributed by atoms with Crippen molar-refractivity contribution in [1.29, 1.82) is 0 Å². The van der Waals surface area contributed by atoms with E-state index in [9.17, 15) is 8.42 Å². The lowest BCUT2D eigenvalue weighted by atomic mass is 10.3. The second-order valence-electron chi connectivity index (χ2n) is 2.16. The molecule has 0 saturated carbocycles. The molecule has 0 atom stereocenters. The first-order valence-electron chi connectivity index (χ1n) is 3.29. The first kappa shape index (κ1) is 10.1. The van der Waals surface area contributed by atoms with Gasteiger partial charge in [-0.2, -0.15) is 8.42 Å². The number of benzene rings is 1. The maximum absolute atomic E-state index is 10.5. The van der Waals surface area contributed by atoms with Crippen molar-refractivity contribution in [3.8, 4) is 11.5 Å². The monoisotopic (exact) mass is 222 g/mol. The van der Waals surface area contributed by atoms with Gasteiger partial charge in [0, 0.05) is 6.07 Å². The van der Waals surface area contributed by atoms with Crippen LogP contribution in [0.4, 0.5) is 0 Å². The molecule has 0 radical (unpaired) electrons. The standard InChI is InChI=1S/C7H7ClO4S/c1-11-6-3-2-4-7(5-6)12-13(8,9)10/h2-5H,1H3. The van der Waals surface area contributed by atoms with E-state index in [0.29, 0.717) is 5.75 Å². The van der Waals surface area contributed by atoms with Crippen molar-refractivity contribution in [1.82, 2.24) is 0 Å². The van der Waals surface area contributed by atoms with Crippen molar-refractivity contribution in [3.63, 3.8) is 0 Å². The molecule has 0 amide bonds. The van der Waals surface area contributed by atoms with Gasteiger partial charge >= 0.3 is 9.33 Å². The summed E-state index contributed by atoms with van der Waals surface area (Å²) >= 11 is 0. The minimum Gasteiger partial charge on any atom is -0.497 e. The van der Waals surface area contributed by atoms with Gasteiger partial charge in [0.15, 0.2) is 0 Å². The normalized spacial score (nSPS) is 10.9. The average Bonchev–Trinajstić information content (AvgIpc) is 2.01. The molecule has 6 heteroatoms. The van der Waals surface area contributed by atoms with E-state index in [0.717, 1.165) is 0 Å². The van der Waals surface area contributed by atoms with Gasteiger partial charge in [-0.15, -0.1) is 0 Å². The van der Waals surface area contributed by atoms with Gasteiger partial charge in [-0.05, 0) is 12.1 Å². The molecule has 0 N–H and O–H groups in total. The van der Waals surface area contributed by atoms with E-state index in [-0.39, 0.29) is 5.75 Å². The first-order valence-corrected chi connectivity index (χ1v) is 5.53. The summed E-state index contributed by atoms with van der Waals surface area (Å²) in [5.41, 5.74) is 0. The van der Waals surface area contributed by atoms with Crippen LogP contribution in [0.15, 0.2) is 24.3 Å². The minimum atomic E-state index is -3.99. The van der Waals surface area contributed by atoms with E-state index in [1.807, 2.05) is 0 Å². The quantitative estimate of drug-likeness (QED) is 0.729. The van der Waals surface area contributed by atoms with Crippen LogP contribution >= 0.6 is 10.7 Å². The second kappa shape index (κ2) is 3.85. The van der Waals surface area contributed by atoms with Gasteiger partial charge in [0.25, 0.3) is 0 Å². The molecule has 0 aliphatic heterocycles. The summed E-state index contributed by atoms with van der Waals surface area (Å²) in [5, 5.41) is 0. The fraction of sp³-hybridized carbons (Fsp3) is 0.143. The smallest absolute Gasteiger partial charge is 0.401 e. The molecular weight excluding hydrogens is 216 g/mol. The van der Waals surface area contributed by atoms with E-state index in [1.165, 1.54) is 19.2 Å². The highest BCUT2D eigenvalue weighted by molar-refractivity contribution is 8.10. The lowest BCUT2D eigenvalue weighted by Crippen LogP contribution is -1.99. The SMILES string of the molecule is COc1cccc(OS(=O)(=O)Cl)c1. The van der Waals surface area contributed by atoms with E-state index < -0.39 is 9.33 Å². The predicted octanol–water partition coefficient (Wildman–Crippen LogP) is 1.56. The molecule has 72 valence electrons. The zero-order valence-corrected chi connectivity index (χ0v) is 8.30. The van der Waals surface area contributed by atoms with Crippen LogP contribution in [0.1, 0.15) is 0 Å². The number of ether oxygens (including phenoxy) is 1. The summed E-state index contributed by atoms with van der Waals surface area (Å²) in [6.07, 6.45) is 0. The molecule has 4 nitrogen and oxygen atoms in total. The third kappa shape index (κ3) is 3.52. The molecule has 0 fully saturated rings. The van der Waals surface area contributed by atoms with E-state index in [1.54, 1.807) is 12.1 Å². The molecular formula is C7H7ClO4S. The topological polar surface area (TPSA) is 52.6 Å².